The van der Waals surface area contributed by atoms with Crippen molar-refractivity contribution in [3.63, 3.8) is 0 Å². The Kier molecular flexibility index (Phi) is 6.05. The summed E-state index contributed by atoms with van der Waals surface area (Å²) in [6.07, 6.45) is 0. The van der Waals surface area contributed by atoms with E-state index < -0.39 is 11.9 Å². The van der Waals surface area contributed by atoms with Crippen LogP contribution in [-0.2, 0) is 9.59 Å². The second-order valence-corrected chi connectivity index (χ2v) is 6.71. The van der Waals surface area contributed by atoms with Gasteiger partial charge in [0.1, 0.15) is 11.5 Å². The van der Waals surface area contributed by atoms with E-state index in [1.807, 2.05) is 26.8 Å². The largest absolute Gasteiger partial charge is 0.478 e. The molecule has 1 aromatic carbocycles. The Bertz CT molecular complexity index is 942. The molecule has 1 amide bonds. The van der Waals surface area contributed by atoms with E-state index in [1.54, 1.807) is 45.0 Å². The van der Waals surface area contributed by atoms with Crippen LogP contribution in [0.3, 0.4) is 0 Å². The molecule has 0 bridgehead atoms. The predicted molar refractivity (Wildman–Crippen MR) is 107 cm³/mol. The quantitative estimate of drug-likeness (QED) is 0.573. The van der Waals surface area contributed by atoms with E-state index in [0.29, 0.717) is 22.6 Å². The number of hydrogen-bond donors (Lipinski definition) is 2. The number of carbonyl (C=O) groups excluding carboxylic acids is 1. The molecule has 0 fully saturated rings. The molecule has 2 aromatic rings. The summed E-state index contributed by atoms with van der Waals surface area (Å²) in [4.78, 5) is 25.1. The zero-order valence-corrected chi connectivity index (χ0v) is 16.6. The van der Waals surface area contributed by atoms with Gasteiger partial charge in [0, 0.05) is 11.3 Å². The second-order valence-electron chi connectivity index (χ2n) is 6.71. The smallest absolute Gasteiger partial charge is 0.336 e. The Balaban J connectivity index is 2.71. The van der Waals surface area contributed by atoms with Gasteiger partial charge in [-0.05, 0) is 64.8 Å². The van der Waals surface area contributed by atoms with Crippen molar-refractivity contribution >= 4 is 23.1 Å². The van der Waals surface area contributed by atoms with Crippen molar-refractivity contribution in [3.05, 3.63) is 69.7 Å². The molecule has 2 N–H and O–H groups in total. The maximum atomic E-state index is 13.1. The van der Waals surface area contributed by atoms with Gasteiger partial charge in [-0.1, -0.05) is 23.8 Å². The van der Waals surface area contributed by atoms with E-state index in [4.69, 9.17) is 4.42 Å². The van der Waals surface area contributed by atoms with Gasteiger partial charge in [-0.3, -0.25) is 4.79 Å². The monoisotopic (exact) mass is 367 g/mol. The minimum Gasteiger partial charge on any atom is -0.478 e. The Hall–Kier alpha value is -3.08. The summed E-state index contributed by atoms with van der Waals surface area (Å²) >= 11 is 0. The number of aryl methyl sites for hydroxylation is 2. The number of carboxylic acid groups (broad SMARTS) is 1. The third-order valence-electron chi connectivity index (χ3n) is 4.53. The zero-order valence-electron chi connectivity index (χ0n) is 16.6. The van der Waals surface area contributed by atoms with Crippen LogP contribution in [0.15, 0.2) is 51.5 Å². The molecule has 0 radical (unpaired) electrons. The van der Waals surface area contributed by atoms with Crippen LogP contribution in [0.2, 0.25) is 0 Å². The standard InChI is InChI=1S/C22H25NO4/c1-12(2)18(22(25)26)20(21(24)23-17-10-8-7-9-11-17)14(4)19-13(3)15(5)27-16(19)6/h7-11H,1-6H3,(H,23,24)(H,25,26). The number of carboxylic acids is 1. The average molecular weight is 367 g/mol. The first-order valence-electron chi connectivity index (χ1n) is 8.70. The van der Waals surface area contributed by atoms with Gasteiger partial charge in [0.2, 0.25) is 0 Å². The SMILES string of the molecule is CC(C)=C(C(=O)O)C(C(=O)Nc1ccccc1)=C(C)c1c(C)oc(C)c1C. The third kappa shape index (κ3) is 4.19. The lowest BCUT2D eigenvalue weighted by atomic mass is 9.90. The van der Waals surface area contributed by atoms with E-state index in [-0.39, 0.29) is 11.1 Å². The van der Waals surface area contributed by atoms with Crippen molar-refractivity contribution < 1.29 is 19.1 Å². The van der Waals surface area contributed by atoms with Crippen molar-refractivity contribution in [1.29, 1.82) is 0 Å². The molecule has 1 aromatic heterocycles. The molecule has 5 nitrogen and oxygen atoms in total. The molecule has 0 aliphatic rings. The highest BCUT2D eigenvalue weighted by molar-refractivity contribution is 6.18. The van der Waals surface area contributed by atoms with Crippen LogP contribution in [0, 0.1) is 20.8 Å². The molecule has 0 saturated heterocycles. The Morgan fingerprint density at radius 3 is 1.96 bits per heavy atom. The number of rotatable bonds is 5. The van der Waals surface area contributed by atoms with Crippen LogP contribution < -0.4 is 5.32 Å². The molecule has 0 aliphatic heterocycles. The highest BCUT2D eigenvalue weighted by Gasteiger charge is 2.27. The van der Waals surface area contributed by atoms with Crippen molar-refractivity contribution in [2.75, 3.05) is 5.32 Å². The summed E-state index contributed by atoms with van der Waals surface area (Å²) in [5.41, 5.74) is 3.53. The molecular formula is C22H25NO4. The number of carbonyl (C=O) groups is 2. The lowest BCUT2D eigenvalue weighted by molar-refractivity contribution is -0.132. The number of anilines is 1. The molecule has 0 saturated carbocycles. The normalized spacial score (nSPS) is 11.6. The van der Waals surface area contributed by atoms with Gasteiger partial charge in [-0.15, -0.1) is 0 Å². The van der Waals surface area contributed by atoms with E-state index in [0.717, 1.165) is 16.9 Å². The number of amides is 1. The van der Waals surface area contributed by atoms with E-state index in [9.17, 15) is 14.7 Å². The Labute approximate surface area is 159 Å². The summed E-state index contributed by atoms with van der Waals surface area (Å²) in [7, 11) is 0. The Morgan fingerprint density at radius 1 is 0.926 bits per heavy atom. The zero-order chi connectivity index (χ0) is 20.3. The highest BCUT2D eigenvalue weighted by atomic mass is 16.4. The molecule has 1 heterocycles. The maximum Gasteiger partial charge on any atom is 0.336 e. The second kappa shape index (κ2) is 8.08. The minimum atomic E-state index is -1.14. The molecular weight excluding hydrogens is 342 g/mol. The molecule has 0 atom stereocenters. The number of benzene rings is 1. The first-order chi connectivity index (χ1) is 12.6. The van der Waals surface area contributed by atoms with Crippen LogP contribution in [0.25, 0.3) is 5.57 Å². The van der Waals surface area contributed by atoms with Gasteiger partial charge < -0.3 is 14.8 Å². The fourth-order valence-corrected chi connectivity index (χ4v) is 3.22. The van der Waals surface area contributed by atoms with Gasteiger partial charge in [0.05, 0.1) is 11.1 Å². The van der Waals surface area contributed by atoms with Crippen molar-refractivity contribution in [2.45, 2.75) is 41.5 Å². The van der Waals surface area contributed by atoms with Crippen LogP contribution in [-0.4, -0.2) is 17.0 Å². The molecule has 5 heteroatoms. The van der Waals surface area contributed by atoms with Crippen LogP contribution >= 0.6 is 0 Å². The van der Waals surface area contributed by atoms with Crippen molar-refractivity contribution in [2.24, 2.45) is 0 Å². The van der Waals surface area contributed by atoms with Gasteiger partial charge >= 0.3 is 5.97 Å². The van der Waals surface area contributed by atoms with Gasteiger partial charge in [0.25, 0.3) is 5.91 Å². The molecule has 142 valence electrons. The summed E-state index contributed by atoms with van der Waals surface area (Å²) in [6.45, 7) is 10.7. The maximum absolute atomic E-state index is 13.1. The van der Waals surface area contributed by atoms with Crippen LogP contribution in [0.5, 0.6) is 0 Å². The Morgan fingerprint density at radius 2 is 1.52 bits per heavy atom. The number of aliphatic carboxylic acids is 1. The van der Waals surface area contributed by atoms with E-state index >= 15 is 0 Å². The summed E-state index contributed by atoms with van der Waals surface area (Å²) < 4.78 is 5.69. The molecule has 0 unspecified atom stereocenters. The fourth-order valence-electron chi connectivity index (χ4n) is 3.22. The predicted octanol–water partition coefficient (Wildman–Crippen LogP) is 5.04. The average Bonchev–Trinajstić information content (AvgIpc) is 2.84. The molecule has 0 spiro atoms. The molecule has 2 rings (SSSR count). The van der Waals surface area contributed by atoms with E-state index in [1.165, 1.54) is 0 Å². The molecule has 0 aliphatic carbocycles. The number of furan rings is 1. The van der Waals surface area contributed by atoms with Crippen molar-refractivity contribution in [3.8, 4) is 0 Å². The lowest BCUT2D eigenvalue weighted by Gasteiger charge is -2.16. The van der Waals surface area contributed by atoms with Gasteiger partial charge in [-0.2, -0.15) is 0 Å². The number of para-hydroxylation sites is 1. The summed E-state index contributed by atoms with van der Waals surface area (Å²) in [5, 5.41) is 12.6. The van der Waals surface area contributed by atoms with Crippen molar-refractivity contribution in [1.82, 2.24) is 0 Å². The van der Waals surface area contributed by atoms with Gasteiger partial charge in [-0.25, -0.2) is 4.79 Å². The highest BCUT2D eigenvalue weighted by Crippen LogP contribution is 2.33. The topological polar surface area (TPSA) is 79.5 Å². The minimum absolute atomic E-state index is 0.00131. The fraction of sp³-hybridized carbons (Fsp3) is 0.273. The summed E-state index contributed by atoms with van der Waals surface area (Å²) in [6, 6.07) is 8.97. The summed E-state index contributed by atoms with van der Waals surface area (Å²) in [5.74, 6) is -0.192. The number of nitrogens with one attached hydrogen (secondary N) is 1. The number of hydrogen-bond acceptors (Lipinski definition) is 3. The molecule has 27 heavy (non-hydrogen) atoms. The first-order valence-corrected chi connectivity index (χ1v) is 8.70. The third-order valence-corrected chi connectivity index (χ3v) is 4.53. The lowest BCUT2D eigenvalue weighted by Crippen LogP contribution is -2.21. The van der Waals surface area contributed by atoms with E-state index in [2.05, 4.69) is 5.32 Å². The van der Waals surface area contributed by atoms with Crippen LogP contribution in [0.1, 0.15) is 43.4 Å². The number of allylic oxidation sites excluding steroid dienone is 2. The van der Waals surface area contributed by atoms with Crippen LogP contribution in [0.4, 0.5) is 5.69 Å². The van der Waals surface area contributed by atoms with Gasteiger partial charge in [0.15, 0.2) is 0 Å². The first kappa shape index (κ1) is 20.2.